The van der Waals surface area contributed by atoms with Gasteiger partial charge in [0.1, 0.15) is 5.76 Å². The zero-order valence-corrected chi connectivity index (χ0v) is 10.4. The van der Waals surface area contributed by atoms with E-state index in [2.05, 4.69) is 0 Å². The molecule has 0 aromatic rings. The van der Waals surface area contributed by atoms with Crippen LogP contribution in [0.2, 0.25) is 0 Å². The second-order valence-electron chi connectivity index (χ2n) is 5.37. The Morgan fingerprint density at radius 3 is 2.24 bits per heavy atom. The Kier molecular flexibility index (Phi) is 3.65. The molecule has 0 heterocycles. The summed E-state index contributed by atoms with van der Waals surface area (Å²) >= 11 is 0. The van der Waals surface area contributed by atoms with Crippen molar-refractivity contribution in [3.8, 4) is 0 Å². The van der Waals surface area contributed by atoms with Crippen LogP contribution in [0.1, 0.15) is 51.9 Å². The fourth-order valence-electron chi connectivity index (χ4n) is 2.63. The van der Waals surface area contributed by atoms with E-state index < -0.39 is 0 Å². The van der Waals surface area contributed by atoms with Gasteiger partial charge in [-0.15, -0.1) is 0 Å². The van der Waals surface area contributed by atoms with Crippen molar-refractivity contribution in [1.29, 1.82) is 0 Å². The van der Waals surface area contributed by atoms with Crippen LogP contribution < -0.4 is 0 Å². The summed E-state index contributed by atoms with van der Waals surface area (Å²) in [5.74, 6) is 0.694. The van der Waals surface area contributed by atoms with Crippen LogP contribution in [-0.2, 0) is 9.59 Å². The first-order chi connectivity index (χ1) is 8.11. The number of aliphatic hydroxyl groups is 1. The second kappa shape index (κ2) is 5.03. The van der Waals surface area contributed by atoms with Crippen molar-refractivity contribution >= 4 is 11.6 Å². The van der Waals surface area contributed by atoms with E-state index in [0.717, 1.165) is 18.8 Å². The highest BCUT2D eigenvalue weighted by Crippen LogP contribution is 2.39. The average molecular weight is 236 g/mol. The SMILES string of the molecule is CCCC(O)=C1C(=O)CC(CC2CC2)CC1=O. The molecule has 2 rings (SSSR count). The maximum Gasteiger partial charge on any atom is 0.170 e. The number of aliphatic hydroxyl groups excluding tert-OH is 1. The van der Waals surface area contributed by atoms with Gasteiger partial charge in [-0.05, 0) is 24.7 Å². The van der Waals surface area contributed by atoms with E-state index in [9.17, 15) is 14.7 Å². The topological polar surface area (TPSA) is 54.4 Å². The molecule has 94 valence electrons. The summed E-state index contributed by atoms with van der Waals surface area (Å²) in [7, 11) is 0. The first kappa shape index (κ1) is 12.3. The van der Waals surface area contributed by atoms with Crippen LogP contribution in [0.3, 0.4) is 0 Å². The smallest absolute Gasteiger partial charge is 0.170 e. The van der Waals surface area contributed by atoms with Crippen LogP contribution in [0, 0.1) is 11.8 Å². The number of carbonyl (C=O) groups is 2. The van der Waals surface area contributed by atoms with E-state index in [1.54, 1.807) is 0 Å². The monoisotopic (exact) mass is 236 g/mol. The number of rotatable bonds is 4. The number of Topliss-reactive ketones (excluding diaryl/α,β-unsaturated/α-hetero) is 2. The fourth-order valence-corrected chi connectivity index (χ4v) is 2.63. The van der Waals surface area contributed by atoms with Gasteiger partial charge in [-0.1, -0.05) is 19.8 Å². The third-order valence-electron chi connectivity index (χ3n) is 3.64. The zero-order chi connectivity index (χ0) is 12.4. The van der Waals surface area contributed by atoms with Crippen LogP contribution in [0.25, 0.3) is 0 Å². The van der Waals surface area contributed by atoms with Crippen LogP contribution >= 0.6 is 0 Å². The molecule has 0 aromatic heterocycles. The minimum Gasteiger partial charge on any atom is -0.511 e. The second-order valence-corrected chi connectivity index (χ2v) is 5.37. The molecule has 2 fully saturated rings. The molecule has 0 amide bonds. The molecule has 0 atom stereocenters. The van der Waals surface area contributed by atoms with Gasteiger partial charge in [0.15, 0.2) is 11.6 Å². The van der Waals surface area contributed by atoms with Crippen LogP contribution in [0.15, 0.2) is 11.3 Å². The molecule has 0 radical (unpaired) electrons. The van der Waals surface area contributed by atoms with Crippen molar-refractivity contribution in [3.05, 3.63) is 11.3 Å². The molecule has 3 nitrogen and oxygen atoms in total. The molecule has 0 aliphatic heterocycles. The molecular weight excluding hydrogens is 216 g/mol. The van der Waals surface area contributed by atoms with E-state index in [1.165, 1.54) is 12.8 Å². The molecule has 0 saturated heterocycles. The maximum absolute atomic E-state index is 11.9. The van der Waals surface area contributed by atoms with E-state index in [4.69, 9.17) is 0 Å². The quantitative estimate of drug-likeness (QED) is 0.464. The number of carbonyl (C=O) groups excluding carboxylic acids is 2. The lowest BCUT2D eigenvalue weighted by atomic mass is 9.80. The Morgan fingerprint density at radius 1 is 1.18 bits per heavy atom. The largest absolute Gasteiger partial charge is 0.511 e. The highest BCUT2D eigenvalue weighted by atomic mass is 16.3. The van der Waals surface area contributed by atoms with Crippen LogP contribution in [0.4, 0.5) is 0 Å². The van der Waals surface area contributed by atoms with Crippen LogP contribution in [0.5, 0.6) is 0 Å². The highest BCUT2D eigenvalue weighted by molar-refractivity contribution is 6.22. The molecular formula is C14H20O3. The Bertz CT molecular complexity index is 344. The summed E-state index contributed by atoms with van der Waals surface area (Å²) in [5, 5.41) is 9.73. The van der Waals surface area contributed by atoms with Crippen molar-refractivity contribution in [1.82, 2.24) is 0 Å². The van der Waals surface area contributed by atoms with Crippen LogP contribution in [-0.4, -0.2) is 16.7 Å². The summed E-state index contributed by atoms with van der Waals surface area (Å²) in [6.07, 6.45) is 5.60. The van der Waals surface area contributed by atoms with Gasteiger partial charge in [-0.3, -0.25) is 9.59 Å². The lowest BCUT2D eigenvalue weighted by molar-refractivity contribution is -0.125. The van der Waals surface area contributed by atoms with E-state index in [1.807, 2.05) is 6.92 Å². The van der Waals surface area contributed by atoms with E-state index in [-0.39, 0.29) is 28.8 Å². The molecule has 1 N–H and O–H groups in total. The highest BCUT2D eigenvalue weighted by Gasteiger charge is 2.35. The molecule has 0 bridgehead atoms. The lowest BCUT2D eigenvalue weighted by Crippen LogP contribution is -2.27. The van der Waals surface area contributed by atoms with Gasteiger partial charge in [0.2, 0.25) is 0 Å². The Hall–Kier alpha value is -1.12. The lowest BCUT2D eigenvalue weighted by Gasteiger charge is -2.22. The van der Waals surface area contributed by atoms with Crippen molar-refractivity contribution in [2.45, 2.75) is 51.9 Å². The molecule has 0 spiro atoms. The predicted octanol–water partition coefficient (Wildman–Crippen LogP) is 2.95. The third-order valence-corrected chi connectivity index (χ3v) is 3.64. The average Bonchev–Trinajstić information content (AvgIpc) is 3.00. The number of hydrogen-bond acceptors (Lipinski definition) is 3. The number of hydrogen-bond donors (Lipinski definition) is 1. The molecule has 2 aliphatic rings. The normalized spacial score (nSPS) is 25.2. The van der Waals surface area contributed by atoms with Crippen molar-refractivity contribution in [2.24, 2.45) is 11.8 Å². The van der Waals surface area contributed by atoms with Gasteiger partial charge in [0.05, 0.1) is 5.57 Å². The van der Waals surface area contributed by atoms with Gasteiger partial charge in [0, 0.05) is 19.3 Å². The van der Waals surface area contributed by atoms with E-state index >= 15 is 0 Å². The number of allylic oxidation sites excluding steroid dienone is 2. The van der Waals surface area contributed by atoms with Gasteiger partial charge in [-0.25, -0.2) is 0 Å². The molecule has 0 aromatic carbocycles. The minimum absolute atomic E-state index is 0.00683. The molecule has 0 unspecified atom stereocenters. The Morgan fingerprint density at radius 2 is 1.76 bits per heavy atom. The summed E-state index contributed by atoms with van der Waals surface area (Å²) in [6, 6.07) is 0. The fraction of sp³-hybridized carbons (Fsp3) is 0.714. The summed E-state index contributed by atoms with van der Waals surface area (Å²) in [6.45, 7) is 1.92. The summed E-state index contributed by atoms with van der Waals surface area (Å²) in [5.41, 5.74) is 0.0962. The molecule has 2 aliphatic carbocycles. The van der Waals surface area contributed by atoms with Gasteiger partial charge in [0.25, 0.3) is 0 Å². The third kappa shape index (κ3) is 2.96. The molecule has 2 saturated carbocycles. The number of ketones is 2. The summed E-state index contributed by atoms with van der Waals surface area (Å²) in [4.78, 5) is 23.8. The van der Waals surface area contributed by atoms with Gasteiger partial charge in [-0.2, -0.15) is 0 Å². The first-order valence-electron chi connectivity index (χ1n) is 6.60. The first-order valence-corrected chi connectivity index (χ1v) is 6.60. The van der Waals surface area contributed by atoms with Crippen molar-refractivity contribution < 1.29 is 14.7 Å². The van der Waals surface area contributed by atoms with Crippen molar-refractivity contribution in [2.75, 3.05) is 0 Å². The van der Waals surface area contributed by atoms with Gasteiger partial charge < -0.3 is 5.11 Å². The maximum atomic E-state index is 11.9. The zero-order valence-electron chi connectivity index (χ0n) is 10.4. The minimum atomic E-state index is -0.141. The van der Waals surface area contributed by atoms with E-state index in [0.29, 0.717) is 19.3 Å². The van der Waals surface area contributed by atoms with Gasteiger partial charge >= 0.3 is 0 Å². The predicted molar refractivity (Wildman–Crippen MR) is 64.6 cm³/mol. The molecule has 3 heteroatoms. The summed E-state index contributed by atoms with van der Waals surface area (Å²) < 4.78 is 0. The standard InChI is InChI=1S/C14H20O3/c1-2-3-11(15)14-12(16)7-10(8-13(14)17)6-9-4-5-9/h9-10,15H,2-8H2,1H3. The van der Waals surface area contributed by atoms with Crippen molar-refractivity contribution in [3.63, 3.8) is 0 Å². The Balaban J connectivity index is 2.04. The molecule has 17 heavy (non-hydrogen) atoms. The Labute approximate surface area is 102 Å².